The number of rotatable bonds is 5. The maximum atomic E-state index is 11.8. The maximum Gasteiger partial charge on any atom is 0.163 e. The van der Waals surface area contributed by atoms with Crippen LogP contribution >= 0.6 is 0 Å². The number of ketones is 2. The minimum atomic E-state index is -0.107. The molecule has 0 N–H and O–H groups in total. The molecule has 0 saturated heterocycles. The molecule has 108 valence electrons. The van der Waals surface area contributed by atoms with Gasteiger partial charge in [0.1, 0.15) is 12.4 Å². The van der Waals surface area contributed by atoms with E-state index in [0.717, 1.165) is 11.1 Å². The van der Waals surface area contributed by atoms with Gasteiger partial charge in [-0.25, -0.2) is 0 Å². The molecular weight excluding hydrogens is 264 g/mol. The van der Waals surface area contributed by atoms with Crippen LogP contribution < -0.4 is 4.74 Å². The van der Waals surface area contributed by atoms with Crippen molar-refractivity contribution in [3.8, 4) is 5.75 Å². The third-order valence-corrected chi connectivity index (χ3v) is 3.22. The molecule has 2 rings (SSSR count). The summed E-state index contributed by atoms with van der Waals surface area (Å²) >= 11 is 0. The van der Waals surface area contributed by atoms with Crippen molar-refractivity contribution in [1.82, 2.24) is 0 Å². The van der Waals surface area contributed by atoms with Gasteiger partial charge in [0.25, 0.3) is 0 Å². The molecule has 21 heavy (non-hydrogen) atoms. The monoisotopic (exact) mass is 282 g/mol. The minimum Gasteiger partial charge on any atom is -0.487 e. The molecule has 0 heterocycles. The molecule has 0 radical (unpaired) electrons. The molecule has 3 nitrogen and oxygen atoms in total. The minimum absolute atomic E-state index is 0.107. The van der Waals surface area contributed by atoms with Gasteiger partial charge in [-0.1, -0.05) is 30.3 Å². The summed E-state index contributed by atoms with van der Waals surface area (Å²) in [5.41, 5.74) is 2.77. The Morgan fingerprint density at radius 3 is 1.95 bits per heavy atom. The highest BCUT2D eigenvalue weighted by atomic mass is 16.5. The van der Waals surface area contributed by atoms with E-state index in [4.69, 9.17) is 4.74 Å². The average molecular weight is 282 g/mol. The number of benzene rings is 2. The molecule has 2 aromatic carbocycles. The van der Waals surface area contributed by atoms with Crippen molar-refractivity contribution >= 4 is 11.6 Å². The Morgan fingerprint density at radius 2 is 1.48 bits per heavy atom. The first-order valence-electron chi connectivity index (χ1n) is 6.82. The molecule has 0 aliphatic heterocycles. The lowest BCUT2D eigenvalue weighted by Gasteiger charge is -2.14. The topological polar surface area (TPSA) is 43.4 Å². The van der Waals surface area contributed by atoms with Gasteiger partial charge in [-0.15, -0.1) is 0 Å². The summed E-state index contributed by atoms with van der Waals surface area (Å²) in [7, 11) is 0. The number of carbonyl (C=O) groups excluding carboxylic acids is 2. The van der Waals surface area contributed by atoms with Crippen molar-refractivity contribution in [2.75, 3.05) is 0 Å². The van der Waals surface area contributed by atoms with Gasteiger partial charge in [-0.2, -0.15) is 0 Å². The lowest BCUT2D eigenvalue weighted by Crippen LogP contribution is -2.08. The second-order valence-electron chi connectivity index (χ2n) is 5.08. The normalized spacial score (nSPS) is 10.2. The molecule has 0 saturated carbocycles. The third kappa shape index (κ3) is 3.57. The van der Waals surface area contributed by atoms with Gasteiger partial charge in [-0.3, -0.25) is 9.59 Å². The fraction of sp³-hybridized carbons (Fsp3) is 0.222. The Hall–Kier alpha value is -2.42. The van der Waals surface area contributed by atoms with Crippen LogP contribution in [-0.2, 0) is 6.61 Å². The largest absolute Gasteiger partial charge is 0.487 e. The second kappa shape index (κ2) is 6.35. The summed E-state index contributed by atoms with van der Waals surface area (Å²) < 4.78 is 5.79. The second-order valence-corrected chi connectivity index (χ2v) is 5.08. The van der Waals surface area contributed by atoms with Crippen molar-refractivity contribution in [3.63, 3.8) is 0 Å². The van der Waals surface area contributed by atoms with Gasteiger partial charge in [-0.05, 0) is 44.0 Å². The molecular formula is C18H18O3. The summed E-state index contributed by atoms with van der Waals surface area (Å²) in [6.07, 6.45) is 0. The lowest BCUT2D eigenvalue weighted by atomic mass is 10.00. The van der Waals surface area contributed by atoms with Crippen molar-refractivity contribution in [3.05, 3.63) is 64.7 Å². The molecule has 3 heteroatoms. The first-order chi connectivity index (χ1) is 9.99. The number of ether oxygens (including phenoxy) is 1. The van der Waals surface area contributed by atoms with E-state index in [1.165, 1.54) is 13.8 Å². The van der Waals surface area contributed by atoms with Crippen LogP contribution in [0.25, 0.3) is 0 Å². The standard InChI is InChI=1S/C18H18O3/c1-12-9-16(13(2)19)18(17(10-12)14(3)20)21-11-15-7-5-4-6-8-15/h4-10H,11H2,1-3H3. The van der Waals surface area contributed by atoms with E-state index < -0.39 is 0 Å². The zero-order valence-corrected chi connectivity index (χ0v) is 12.5. The van der Waals surface area contributed by atoms with Crippen LogP contribution in [0.2, 0.25) is 0 Å². The van der Waals surface area contributed by atoms with Crippen molar-refractivity contribution < 1.29 is 14.3 Å². The van der Waals surface area contributed by atoms with E-state index in [1.54, 1.807) is 12.1 Å². The number of Topliss-reactive ketones (excluding diaryl/α,β-unsaturated/α-hetero) is 2. The van der Waals surface area contributed by atoms with Crippen LogP contribution in [0.4, 0.5) is 0 Å². The zero-order chi connectivity index (χ0) is 15.4. The summed E-state index contributed by atoms with van der Waals surface area (Å²) in [4.78, 5) is 23.6. The van der Waals surface area contributed by atoms with Crippen LogP contribution in [-0.4, -0.2) is 11.6 Å². The van der Waals surface area contributed by atoms with Crippen molar-refractivity contribution in [2.45, 2.75) is 27.4 Å². The third-order valence-electron chi connectivity index (χ3n) is 3.22. The molecule has 0 spiro atoms. The Labute approximate surface area is 124 Å². The predicted octanol–water partition coefficient (Wildman–Crippen LogP) is 3.98. The molecule has 0 atom stereocenters. The highest BCUT2D eigenvalue weighted by Crippen LogP contribution is 2.28. The summed E-state index contributed by atoms with van der Waals surface area (Å²) in [5, 5.41) is 0. The van der Waals surface area contributed by atoms with E-state index in [9.17, 15) is 9.59 Å². The molecule has 0 unspecified atom stereocenters. The Kier molecular flexibility index (Phi) is 4.53. The highest BCUT2D eigenvalue weighted by molar-refractivity contribution is 6.04. The summed E-state index contributed by atoms with van der Waals surface area (Å²) in [6.45, 7) is 5.15. The van der Waals surface area contributed by atoms with E-state index in [1.807, 2.05) is 37.3 Å². The van der Waals surface area contributed by atoms with Crippen LogP contribution in [0.15, 0.2) is 42.5 Å². The fourth-order valence-corrected chi connectivity index (χ4v) is 2.18. The first kappa shape index (κ1) is 15.0. The smallest absolute Gasteiger partial charge is 0.163 e. The molecule has 2 aromatic rings. The quantitative estimate of drug-likeness (QED) is 0.779. The van der Waals surface area contributed by atoms with Crippen LogP contribution in [0.3, 0.4) is 0 Å². The maximum absolute atomic E-state index is 11.8. The fourth-order valence-electron chi connectivity index (χ4n) is 2.18. The van der Waals surface area contributed by atoms with Gasteiger partial charge >= 0.3 is 0 Å². The molecule has 0 aliphatic carbocycles. The van der Waals surface area contributed by atoms with Crippen molar-refractivity contribution in [1.29, 1.82) is 0 Å². The highest BCUT2D eigenvalue weighted by Gasteiger charge is 2.17. The average Bonchev–Trinajstić information content (AvgIpc) is 2.46. The van der Waals surface area contributed by atoms with E-state index in [-0.39, 0.29) is 11.6 Å². The van der Waals surface area contributed by atoms with Gasteiger partial charge in [0.15, 0.2) is 11.6 Å². The SMILES string of the molecule is CC(=O)c1cc(C)cc(C(C)=O)c1OCc1ccccc1. The number of aryl methyl sites for hydroxylation is 1. The first-order valence-corrected chi connectivity index (χ1v) is 6.82. The van der Waals surface area contributed by atoms with Gasteiger partial charge in [0, 0.05) is 0 Å². The number of carbonyl (C=O) groups is 2. The van der Waals surface area contributed by atoms with E-state index in [0.29, 0.717) is 23.5 Å². The van der Waals surface area contributed by atoms with E-state index in [2.05, 4.69) is 0 Å². The number of hydrogen-bond donors (Lipinski definition) is 0. The van der Waals surface area contributed by atoms with E-state index >= 15 is 0 Å². The van der Waals surface area contributed by atoms with Crippen molar-refractivity contribution in [2.24, 2.45) is 0 Å². The Bertz CT molecular complexity index is 637. The molecule has 0 amide bonds. The summed E-state index contributed by atoms with van der Waals surface area (Å²) in [5.74, 6) is 0.165. The van der Waals surface area contributed by atoms with Crippen LogP contribution in [0.5, 0.6) is 5.75 Å². The van der Waals surface area contributed by atoms with Gasteiger partial charge in [0.05, 0.1) is 11.1 Å². The van der Waals surface area contributed by atoms with Crippen LogP contribution in [0, 0.1) is 6.92 Å². The lowest BCUT2D eigenvalue weighted by molar-refractivity contribution is 0.101. The molecule has 0 fully saturated rings. The summed E-state index contributed by atoms with van der Waals surface area (Å²) in [6, 6.07) is 13.2. The van der Waals surface area contributed by atoms with Gasteiger partial charge in [0.2, 0.25) is 0 Å². The molecule has 0 bridgehead atoms. The van der Waals surface area contributed by atoms with Gasteiger partial charge < -0.3 is 4.74 Å². The predicted molar refractivity (Wildman–Crippen MR) is 82.0 cm³/mol. The Balaban J connectivity index is 2.40. The molecule has 0 aromatic heterocycles. The Morgan fingerprint density at radius 1 is 0.952 bits per heavy atom. The molecule has 0 aliphatic rings. The van der Waals surface area contributed by atoms with Crippen LogP contribution in [0.1, 0.15) is 45.7 Å². The number of hydrogen-bond acceptors (Lipinski definition) is 3. The zero-order valence-electron chi connectivity index (χ0n) is 12.5.